The Balaban J connectivity index is 0.00000420. The van der Waals surface area contributed by atoms with Crippen LogP contribution in [-0.4, -0.2) is 51.6 Å². The van der Waals surface area contributed by atoms with E-state index in [4.69, 9.17) is 0 Å². The quantitative estimate of drug-likeness (QED) is 0.257. The first-order valence-electron chi connectivity index (χ1n) is 10.2. The zero-order chi connectivity index (χ0) is 20.6. The normalized spacial score (nSPS) is 18.6. The van der Waals surface area contributed by atoms with Crippen LogP contribution in [0, 0.1) is 0 Å². The Hall–Kier alpha value is -0.870. The topological polar surface area (TPSA) is 82.6 Å². The van der Waals surface area contributed by atoms with Crippen molar-refractivity contribution in [3.05, 3.63) is 35.9 Å². The molecule has 1 aromatic carbocycles. The van der Waals surface area contributed by atoms with E-state index in [0.717, 1.165) is 25.3 Å². The maximum absolute atomic E-state index is 11.4. The molecular weight excluding hydrogens is 499 g/mol. The predicted molar refractivity (Wildman–Crippen MR) is 133 cm³/mol. The molecule has 166 valence electrons. The maximum atomic E-state index is 11.4. The minimum Gasteiger partial charge on any atom is -0.355 e. The molecule has 8 heteroatoms. The highest BCUT2D eigenvalue weighted by atomic mass is 127. The van der Waals surface area contributed by atoms with Crippen molar-refractivity contribution in [1.82, 2.24) is 16.0 Å². The van der Waals surface area contributed by atoms with Gasteiger partial charge in [0.25, 0.3) is 0 Å². The zero-order valence-corrected chi connectivity index (χ0v) is 21.2. The summed E-state index contributed by atoms with van der Waals surface area (Å²) >= 11 is 0. The average molecular weight is 537 g/mol. The summed E-state index contributed by atoms with van der Waals surface area (Å²) < 4.78 is 22.7. The van der Waals surface area contributed by atoms with Crippen molar-refractivity contribution >= 4 is 39.8 Å². The minimum absolute atomic E-state index is 0. The van der Waals surface area contributed by atoms with E-state index in [1.54, 1.807) is 7.05 Å². The van der Waals surface area contributed by atoms with E-state index in [-0.39, 0.29) is 47.4 Å². The molecule has 6 nitrogen and oxygen atoms in total. The van der Waals surface area contributed by atoms with Gasteiger partial charge >= 0.3 is 0 Å². The van der Waals surface area contributed by atoms with Crippen LogP contribution in [0.5, 0.6) is 0 Å². The summed E-state index contributed by atoms with van der Waals surface area (Å²) in [5.74, 6) is 0.902. The van der Waals surface area contributed by atoms with Crippen molar-refractivity contribution < 1.29 is 8.42 Å². The summed E-state index contributed by atoms with van der Waals surface area (Å²) in [6.45, 7) is 5.00. The van der Waals surface area contributed by atoms with Gasteiger partial charge in [0, 0.05) is 37.5 Å². The Kier molecular flexibility index (Phi) is 10.9. The van der Waals surface area contributed by atoms with Crippen LogP contribution in [0.25, 0.3) is 0 Å². The molecule has 0 radical (unpaired) electrons. The minimum atomic E-state index is -2.95. The molecule has 3 N–H and O–H groups in total. The predicted octanol–water partition coefficient (Wildman–Crippen LogP) is 3.26. The van der Waals surface area contributed by atoms with E-state index in [9.17, 15) is 8.42 Å². The molecule has 1 fully saturated rings. The molecule has 2 unspecified atom stereocenters. The van der Waals surface area contributed by atoms with Gasteiger partial charge in [-0.2, -0.15) is 0 Å². The van der Waals surface area contributed by atoms with Crippen LogP contribution in [0.1, 0.15) is 57.6 Å². The molecule has 1 aliphatic rings. The molecule has 0 saturated heterocycles. The monoisotopic (exact) mass is 536 g/mol. The van der Waals surface area contributed by atoms with Gasteiger partial charge in [-0.3, -0.25) is 4.99 Å². The molecule has 2 atom stereocenters. The van der Waals surface area contributed by atoms with Gasteiger partial charge in [-0.1, -0.05) is 43.2 Å². The van der Waals surface area contributed by atoms with Crippen molar-refractivity contribution in [1.29, 1.82) is 0 Å². The third-order valence-electron chi connectivity index (χ3n) is 5.51. The summed E-state index contributed by atoms with van der Waals surface area (Å²) in [5.41, 5.74) is 1.34. The van der Waals surface area contributed by atoms with Crippen molar-refractivity contribution in [3.63, 3.8) is 0 Å². The SMILES string of the molecule is CN=C(NCC1(NC(C)c2ccccc2)CCCC1)NC(C)CCS(C)(=O)=O.I. The molecule has 0 bridgehead atoms. The Bertz CT molecular complexity index is 734. The average Bonchev–Trinajstić information content (AvgIpc) is 3.12. The summed E-state index contributed by atoms with van der Waals surface area (Å²) in [7, 11) is -1.20. The fourth-order valence-electron chi connectivity index (χ4n) is 3.85. The van der Waals surface area contributed by atoms with Gasteiger partial charge in [-0.25, -0.2) is 8.42 Å². The second-order valence-electron chi connectivity index (χ2n) is 8.15. The van der Waals surface area contributed by atoms with Gasteiger partial charge in [0.15, 0.2) is 5.96 Å². The highest BCUT2D eigenvalue weighted by Crippen LogP contribution is 2.31. The highest BCUT2D eigenvalue weighted by molar-refractivity contribution is 14.0. The van der Waals surface area contributed by atoms with Crippen molar-refractivity contribution in [2.75, 3.05) is 25.6 Å². The van der Waals surface area contributed by atoms with Crippen LogP contribution in [0.2, 0.25) is 0 Å². The molecule has 1 saturated carbocycles. The van der Waals surface area contributed by atoms with Gasteiger partial charge in [0.1, 0.15) is 9.84 Å². The van der Waals surface area contributed by atoms with Crippen LogP contribution < -0.4 is 16.0 Å². The first-order chi connectivity index (χ1) is 13.2. The Morgan fingerprint density at radius 3 is 2.34 bits per heavy atom. The molecule has 0 amide bonds. The largest absolute Gasteiger partial charge is 0.355 e. The summed E-state index contributed by atoms with van der Waals surface area (Å²) in [6.07, 6.45) is 6.57. The zero-order valence-electron chi connectivity index (χ0n) is 18.1. The van der Waals surface area contributed by atoms with Crippen LogP contribution in [0.4, 0.5) is 0 Å². The molecular formula is C21H37IN4O2S. The van der Waals surface area contributed by atoms with Crippen molar-refractivity contribution in [3.8, 4) is 0 Å². The molecule has 1 aromatic rings. The van der Waals surface area contributed by atoms with Crippen molar-refractivity contribution in [2.45, 2.75) is 63.6 Å². The van der Waals surface area contributed by atoms with Gasteiger partial charge < -0.3 is 16.0 Å². The van der Waals surface area contributed by atoms with Gasteiger partial charge in [-0.05, 0) is 38.7 Å². The van der Waals surface area contributed by atoms with E-state index in [2.05, 4.69) is 52.1 Å². The highest BCUT2D eigenvalue weighted by Gasteiger charge is 2.35. The smallest absolute Gasteiger partial charge is 0.191 e. The fraction of sp³-hybridized carbons (Fsp3) is 0.667. The van der Waals surface area contributed by atoms with E-state index in [1.165, 1.54) is 24.7 Å². The second-order valence-corrected chi connectivity index (χ2v) is 10.4. The Morgan fingerprint density at radius 2 is 1.79 bits per heavy atom. The van der Waals surface area contributed by atoms with Crippen LogP contribution in [-0.2, 0) is 9.84 Å². The van der Waals surface area contributed by atoms with E-state index in [1.807, 2.05) is 13.0 Å². The van der Waals surface area contributed by atoms with E-state index in [0.29, 0.717) is 6.42 Å². The number of sulfone groups is 1. The van der Waals surface area contributed by atoms with Gasteiger partial charge in [0.2, 0.25) is 0 Å². The van der Waals surface area contributed by atoms with E-state index < -0.39 is 9.84 Å². The Labute approximate surface area is 193 Å². The third-order valence-corrected chi connectivity index (χ3v) is 6.48. The number of benzene rings is 1. The summed E-state index contributed by atoms with van der Waals surface area (Å²) in [4.78, 5) is 4.32. The lowest BCUT2D eigenvalue weighted by Crippen LogP contribution is -2.55. The number of nitrogens with one attached hydrogen (secondary N) is 3. The fourth-order valence-corrected chi connectivity index (χ4v) is 4.63. The second kappa shape index (κ2) is 12.1. The van der Waals surface area contributed by atoms with Gasteiger partial charge in [-0.15, -0.1) is 24.0 Å². The lowest BCUT2D eigenvalue weighted by Gasteiger charge is -2.35. The lowest BCUT2D eigenvalue weighted by atomic mass is 9.94. The summed E-state index contributed by atoms with van der Waals surface area (Å²) in [5, 5.41) is 10.6. The number of rotatable bonds is 9. The first kappa shape index (κ1) is 26.2. The maximum Gasteiger partial charge on any atom is 0.191 e. The van der Waals surface area contributed by atoms with Crippen molar-refractivity contribution in [2.24, 2.45) is 4.99 Å². The van der Waals surface area contributed by atoms with E-state index >= 15 is 0 Å². The van der Waals surface area contributed by atoms with Crippen LogP contribution in [0.15, 0.2) is 35.3 Å². The number of halogens is 1. The number of guanidine groups is 1. The summed E-state index contributed by atoms with van der Waals surface area (Å²) in [6, 6.07) is 10.9. The van der Waals surface area contributed by atoms with Crippen LogP contribution in [0.3, 0.4) is 0 Å². The number of hydrogen-bond acceptors (Lipinski definition) is 4. The number of nitrogens with zero attached hydrogens (tertiary/aromatic N) is 1. The van der Waals surface area contributed by atoms with Gasteiger partial charge in [0.05, 0.1) is 5.75 Å². The molecule has 0 aliphatic heterocycles. The molecule has 0 spiro atoms. The molecule has 29 heavy (non-hydrogen) atoms. The number of aliphatic imine (C=N–C) groups is 1. The molecule has 0 heterocycles. The first-order valence-corrected chi connectivity index (χ1v) is 12.3. The molecule has 2 rings (SSSR count). The Morgan fingerprint density at radius 1 is 1.17 bits per heavy atom. The van der Waals surface area contributed by atoms with Crippen LogP contribution >= 0.6 is 24.0 Å². The lowest BCUT2D eigenvalue weighted by molar-refractivity contribution is 0.296. The molecule has 0 aromatic heterocycles. The number of hydrogen-bond donors (Lipinski definition) is 3. The third kappa shape index (κ3) is 9.21. The molecule has 1 aliphatic carbocycles. The standard InChI is InChI=1S/C21H36N4O2S.HI/c1-17(12-15-28(4,26)27)24-20(22-3)23-16-21(13-8-9-14-21)25-18(2)19-10-6-5-7-11-19;/h5-7,10-11,17-18,25H,8-9,12-16H2,1-4H3,(H2,22,23,24);1H.